The van der Waals surface area contributed by atoms with Crippen LogP contribution in [-0.2, 0) is 12.9 Å². The maximum atomic E-state index is 2.52. The van der Waals surface area contributed by atoms with Crippen molar-refractivity contribution in [1.29, 1.82) is 0 Å². The predicted octanol–water partition coefficient (Wildman–Crippen LogP) is 3.59. The average molecular weight is 361 g/mol. The molecule has 96 valence electrons. The molecule has 0 saturated carbocycles. The summed E-state index contributed by atoms with van der Waals surface area (Å²) in [5.41, 5.74) is 2.80. The standard InChI is InChI=1S/C15H18B2IN/c1-17(18)19(13-15-10-6-3-7-11-15)16-12-14-8-4-2-5-9-14/h2-11,16H,12-13H2,1H3. The zero-order chi connectivity index (χ0) is 13.5. The maximum absolute atomic E-state index is 2.52. The summed E-state index contributed by atoms with van der Waals surface area (Å²) in [5.74, 6) is 0. The summed E-state index contributed by atoms with van der Waals surface area (Å²) in [6.45, 7) is 3.28. The Bertz CT molecular complexity index is 476. The van der Waals surface area contributed by atoms with Crippen molar-refractivity contribution in [2.75, 3.05) is 0 Å². The zero-order valence-corrected chi connectivity index (χ0v) is 13.5. The van der Waals surface area contributed by atoms with Crippen LogP contribution in [0.15, 0.2) is 60.7 Å². The van der Waals surface area contributed by atoms with Crippen LogP contribution >= 0.6 is 22.4 Å². The Hall–Kier alpha value is -0.740. The third kappa shape index (κ3) is 5.03. The molecule has 0 bridgehead atoms. The van der Waals surface area contributed by atoms with E-state index >= 15 is 0 Å². The number of nitrogens with zero attached hydrogens (tertiary/aromatic N) is 1. The van der Waals surface area contributed by atoms with E-state index in [1.54, 1.807) is 0 Å². The molecule has 19 heavy (non-hydrogen) atoms. The van der Waals surface area contributed by atoms with Crippen molar-refractivity contribution in [2.24, 2.45) is 0 Å². The normalized spacial score (nSPS) is 10.5. The highest BCUT2D eigenvalue weighted by Gasteiger charge is 2.15. The summed E-state index contributed by atoms with van der Waals surface area (Å²) in [4.78, 5) is 0. The summed E-state index contributed by atoms with van der Waals surface area (Å²) in [5, 5.41) is 0. The maximum Gasteiger partial charge on any atom is 0.283 e. The van der Waals surface area contributed by atoms with Crippen molar-refractivity contribution in [3.05, 3.63) is 71.8 Å². The predicted molar refractivity (Wildman–Crippen MR) is 94.9 cm³/mol. The highest BCUT2D eigenvalue weighted by atomic mass is 127. The monoisotopic (exact) mass is 361 g/mol. The molecule has 2 aromatic carbocycles. The molecule has 0 amide bonds. The first-order valence-corrected chi connectivity index (χ1v) is 7.96. The van der Waals surface area contributed by atoms with E-state index in [1.165, 1.54) is 11.1 Å². The first-order chi connectivity index (χ1) is 9.25. The van der Waals surface area contributed by atoms with E-state index < -0.39 is 0 Å². The number of hydrogen-bond acceptors (Lipinski definition) is 1. The van der Waals surface area contributed by atoms with Crippen molar-refractivity contribution in [2.45, 2.75) is 19.7 Å². The molecule has 0 unspecified atom stereocenters. The fraction of sp³-hybridized carbons (Fsp3) is 0.200. The lowest BCUT2D eigenvalue weighted by Gasteiger charge is -2.23. The van der Waals surface area contributed by atoms with Crippen LogP contribution in [0, 0.1) is 0 Å². The van der Waals surface area contributed by atoms with Crippen LogP contribution in [0.1, 0.15) is 11.1 Å². The Balaban J connectivity index is 1.93. The fourth-order valence-electron chi connectivity index (χ4n) is 2.12. The topological polar surface area (TPSA) is 3.24 Å². The van der Waals surface area contributed by atoms with E-state index in [0.29, 0.717) is 4.70 Å². The van der Waals surface area contributed by atoms with Gasteiger partial charge in [0.1, 0.15) is 0 Å². The Kier molecular flexibility index (Phi) is 5.98. The van der Waals surface area contributed by atoms with Crippen molar-refractivity contribution in [3.63, 3.8) is 0 Å². The first kappa shape index (κ1) is 14.7. The Labute approximate surface area is 130 Å². The minimum absolute atomic E-state index is 0.543. The summed E-state index contributed by atoms with van der Waals surface area (Å²) < 4.78 is 3.06. The van der Waals surface area contributed by atoms with Gasteiger partial charge < -0.3 is 4.72 Å². The highest BCUT2D eigenvalue weighted by Crippen LogP contribution is 2.10. The van der Waals surface area contributed by atoms with E-state index in [0.717, 1.165) is 20.3 Å². The largest absolute Gasteiger partial charge is 0.374 e. The molecule has 0 atom stereocenters. The van der Waals surface area contributed by atoms with Crippen LogP contribution in [-0.4, -0.2) is 16.8 Å². The number of halogens is 1. The summed E-state index contributed by atoms with van der Waals surface area (Å²) in [7, 11) is 1.10. The van der Waals surface area contributed by atoms with Crippen LogP contribution < -0.4 is 0 Å². The van der Waals surface area contributed by atoms with Crippen LogP contribution in [0.3, 0.4) is 0 Å². The molecular formula is C15H18B2IN. The van der Waals surface area contributed by atoms with Crippen molar-refractivity contribution in [3.8, 4) is 0 Å². The minimum Gasteiger partial charge on any atom is -0.374 e. The second-order valence-corrected chi connectivity index (χ2v) is 6.57. The van der Waals surface area contributed by atoms with Crippen LogP contribution in [0.5, 0.6) is 0 Å². The second-order valence-electron chi connectivity index (χ2n) is 4.77. The van der Waals surface area contributed by atoms with Gasteiger partial charge in [-0.15, -0.1) is 22.4 Å². The Morgan fingerprint density at radius 3 is 2.00 bits per heavy atom. The molecule has 0 saturated heterocycles. The van der Waals surface area contributed by atoms with Gasteiger partial charge in [0.15, 0.2) is 7.41 Å². The molecule has 2 aromatic rings. The lowest BCUT2D eigenvalue weighted by molar-refractivity contribution is 0.667. The highest BCUT2D eigenvalue weighted by molar-refractivity contribution is 14.1. The first-order valence-electron chi connectivity index (χ1n) is 6.71. The third-order valence-electron chi connectivity index (χ3n) is 3.26. The minimum atomic E-state index is 0.543. The molecule has 0 fully saturated rings. The van der Waals surface area contributed by atoms with Crippen LogP contribution in [0.4, 0.5) is 0 Å². The van der Waals surface area contributed by atoms with E-state index in [4.69, 9.17) is 0 Å². The van der Waals surface area contributed by atoms with Crippen LogP contribution in [0.25, 0.3) is 0 Å². The van der Waals surface area contributed by atoms with Crippen molar-refractivity contribution in [1.82, 2.24) is 4.72 Å². The lowest BCUT2D eigenvalue weighted by Crippen LogP contribution is -2.36. The molecule has 0 spiro atoms. The quantitative estimate of drug-likeness (QED) is 0.562. The van der Waals surface area contributed by atoms with Gasteiger partial charge in [-0.3, -0.25) is 0 Å². The summed E-state index contributed by atoms with van der Waals surface area (Å²) in [6.07, 6.45) is 1.11. The SMILES string of the molecule is CB(I)N(BCc1ccccc1)Cc1ccccc1. The third-order valence-corrected chi connectivity index (χ3v) is 4.05. The molecule has 0 N–H and O–H groups in total. The number of rotatable bonds is 6. The number of hydrogen-bond donors (Lipinski definition) is 0. The van der Waals surface area contributed by atoms with Gasteiger partial charge in [-0.1, -0.05) is 73.1 Å². The summed E-state index contributed by atoms with van der Waals surface area (Å²) >= 11 is 2.50. The van der Waals surface area contributed by atoms with Gasteiger partial charge in [-0.2, -0.15) is 0 Å². The van der Waals surface area contributed by atoms with E-state index in [-0.39, 0.29) is 0 Å². The molecule has 0 heterocycles. The molecule has 0 aliphatic heterocycles. The second kappa shape index (κ2) is 7.75. The molecule has 0 aromatic heterocycles. The van der Waals surface area contributed by atoms with E-state index in [2.05, 4.69) is 94.6 Å². The van der Waals surface area contributed by atoms with Gasteiger partial charge in [0, 0.05) is 6.54 Å². The fourth-order valence-corrected chi connectivity index (χ4v) is 2.59. The molecule has 0 aliphatic carbocycles. The molecule has 2 rings (SSSR count). The van der Waals surface area contributed by atoms with E-state index in [9.17, 15) is 0 Å². The van der Waals surface area contributed by atoms with Crippen LogP contribution in [0.2, 0.25) is 6.82 Å². The lowest BCUT2D eigenvalue weighted by atomic mass is 9.73. The van der Waals surface area contributed by atoms with Crippen molar-refractivity contribution >= 4 is 34.5 Å². The van der Waals surface area contributed by atoms with Gasteiger partial charge in [0.25, 0.3) is 4.70 Å². The molecule has 4 heteroatoms. The zero-order valence-electron chi connectivity index (χ0n) is 11.3. The number of benzene rings is 2. The average Bonchev–Trinajstić information content (AvgIpc) is 2.45. The van der Waals surface area contributed by atoms with Gasteiger partial charge >= 0.3 is 0 Å². The van der Waals surface area contributed by atoms with Gasteiger partial charge in [-0.05, 0) is 11.9 Å². The molecular weight excluding hydrogens is 343 g/mol. The van der Waals surface area contributed by atoms with Gasteiger partial charge in [0.05, 0.1) is 0 Å². The van der Waals surface area contributed by atoms with Gasteiger partial charge in [-0.25, -0.2) is 0 Å². The Morgan fingerprint density at radius 2 is 1.47 bits per heavy atom. The van der Waals surface area contributed by atoms with E-state index in [1.807, 2.05) is 0 Å². The molecule has 0 radical (unpaired) electrons. The smallest absolute Gasteiger partial charge is 0.283 e. The summed E-state index contributed by atoms with van der Waals surface area (Å²) in [6, 6.07) is 21.4. The molecule has 1 nitrogen and oxygen atoms in total. The van der Waals surface area contributed by atoms with Crippen molar-refractivity contribution < 1.29 is 0 Å². The Morgan fingerprint density at radius 1 is 0.947 bits per heavy atom. The molecule has 0 aliphatic rings. The van der Waals surface area contributed by atoms with Gasteiger partial charge in [0.2, 0.25) is 0 Å².